The fourth-order valence-corrected chi connectivity index (χ4v) is 4.50. The van der Waals surface area contributed by atoms with Crippen LogP contribution in [0.15, 0.2) is 35.4 Å². The summed E-state index contributed by atoms with van der Waals surface area (Å²) in [6.45, 7) is 1.50. The third-order valence-corrected chi connectivity index (χ3v) is 5.99. The second-order valence-corrected chi connectivity index (χ2v) is 7.59. The molecule has 1 fully saturated rings. The van der Waals surface area contributed by atoms with Crippen molar-refractivity contribution in [2.45, 2.75) is 37.1 Å². The van der Waals surface area contributed by atoms with E-state index in [9.17, 15) is 13.2 Å². The van der Waals surface area contributed by atoms with Crippen molar-refractivity contribution < 1.29 is 17.9 Å². The van der Waals surface area contributed by atoms with Crippen LogP contribution in [-0.2, 0) is 11.3 Å². The molecule has 3 nitrogen and oxygen atoms in total. The molecule has 0 bridgehead atoms. The molecule has 1 unspecified atom stereocenters. The third-order valence-electron chi connectivity index (χ3n) is 4.55. The maximum absolute atomic E-state index is 13.5. The van der Waals surface area contributed by atoms with Crippen LogP contribution in [-0.4, -0.2) is 47.8 Å². The number of thioether (sulfide) groups is 1. The minimum absolute atomic E-state index is 0.188. The lowest BCUT2D eigenvalue weighted by Crippen LogP contribution is -2.49. The largest absolute Gasteiger partial charge is 0.431 e. The predicted octanol–water partition coefficient (Wildman–Crippen LogP) is 4.69. The summed E-state index contributed by atoms with van der Waals surface area (Å²) in [6.07, 6.45) is -2.70. The highest BCUT2D eigenvalue weighted by atomic mass is 35.5. The Morgan fingerprint density at radius 1 is 1.24 bits per heavy atom. The van der Waals surface area contributed by atoms with E-state index in [1.54, 1.807) is 24.3 Å². The van der Waals surface area contributed by atoms with Gasteiger partial charge >= 0.3 is 6.18 Å². The van der Waals surface area contributed by atoms with Gasteiger partial charge in [0, 0.05) is 36.2 Å². The lowest BCUT2D eigenvalue weighted by Gasteiger charge is -2.40. The average molecular weight is 393 g/mol. The van der Waals surface area contributed by atoms with Crippen LogP contribution in [0.2, 0.25) is 5.02 Å². The summed E-state index contributed by atoms with van der Waals surface area (Å²) < 4.78 is 45.8. The van der Waals surface area contributed by atoms with Gasteiger partial charge < -0.3 is 9.64 Å². The monoisotopic (exact) mass is 392 g/mol. The Morgan fingerprint density at radius 3 is 2.48 bits per heavy atom. The molecule has 0 amide bonds. The number of alkyl halides is 3. The molecule has 1 saturated heterocycles. The molecule has 3 rings (SSSR count). The molecular weight excluding hydrogens is 373 g/mol. The van der Waals surface area contributed by atoms with Crippen molar-refractivity contribution in [3.8, 4) is 0 Å². The van der Waals surface area contributed by atoms with Crippen LogP contribution < -0.4 is 0 Å². The summed E-state index contributed by atoms with van der Waals surface area (Å²) in [5.41, 5.74) is -0.167. The first kappa shape index (κ1) is 18.9. The molecule has 138 valence electrons. The lowest BCUT2D eigenvalue weighted by molar-refractivity contribution is -0.117. The first-order valence-electron chi connectivity index (χ1n) is 8.10. The highest BCUT2D eigenvalue weighted by Crippen LogP contribution is 2.43. The van der Waals surface area contributed by atoms with Crippen molar-refractivity contribution >= 4 is 23.4 Å². The van der Waals surface area contributed by atoms with Crippen molar-refractivity contribution in [1.29, 1.82) is 0 Å². The van der Waals surface area contributed by atoms with Gasteiger partial charge in [-0.15, -0.1) is 0 Å². The maximum atomic E-state index is 13.5. The molecule has 0 saturated carbocycles. The quantitative estimate of drug-likeness (QED) is 0.738. The Bertz CT molecular complexity index is 617. The van der Waals surface area contributed by atoms with E-state index in [-0.39, 0.29) is 18.1 Å². The minimum atomic E-state index is -4.37. The first-order valence-corrected chi connectivity index (χ1v) is 9.42. The van der Waals surface area contributed by atoms with Crippen molar-refractivity contribution in [1.82, 2.24) is 9.80 Å². The molecule has 0 spiro atoms. The van der Waals surface area contributed by atoms with Crippen molar-refractivity contribution in [2.24, 2.45) is 0 Å². The van der Waals surface area contributed by atoms with Crippen LogP contribution in [0.3, 0.4) is 0 Å². The molecule has 0 N–H and O–H groups in total. The Hall–Kier alpha value is -0.890. The van der Waals surface area contributed by atoms with Gasteiger partial charge in [0.2, 0.25) is 0 Å². The maximum Gasteiger partial charge on any atom is 0.431 e. The van der Waals surface area contributed by atoms with E-state index in [1.807, 2.05) is 11.9 Å². The number of allylic oxidation sites excluding steroid dienone is 1. The van der Waals surface area contributed by atoms with Gasteiger partial charge in [-0.3, -0.25) is 4.90 Å². The van der Waals surface area contributed by atoms with Gasteiger partial charge in [0.15, 0.2) is 0 Å². The molecule has 0 radical (unpaired) electrons. The summed E-state index contributed by atoms with van der Waals surface area (Å²) in [6, 6.07) is 7.16. The van der Waals surface area contributed by atoms with Crippen molar-refractivity contribution in [3.63, 3.8) is 0 Å². The van der Waals surface area contributed by atoms with Crippen LogP contribution >= 0.6 is 23.4 Å². The third kappa shape index (κ3) is 4.45. The normalized spacial score (nSPS) is 22.6. The standard InChI is InChI=1S/C17H20ClF3N2OS/c1-22(14-6-8-24-9-7-14)16-23(15(11-25-16)17(19,20)21)10-12-2-4-13(18)5-3-12/h2-5,11,14,16H,6-10H2,1H3. The van der Waals surface area contributed by atoms with Gasteiger partial charge in [0.05, 0.1) is 0 Å². The van der Waals surface area contributed by atoms with Gasteiger partial charge in [0.25, 0.3) is 0 Å². The zero-order chi connectivity index (χ0) is 18.0. The molecule has 1 atom stereocenters. The summed E-state index contributed by atoms with van der Waals surface area (Å²) in [5.74, 6) is 0. The summed E-state index contributed by atoms with van der Waals surface area (Å²) in [4.78, 5) is 3.47. The van der Waals surface area contributed by atoms with Gasteiger partial charge in [-0.1, -0.05) is 35.5 Å². The first-order chi connectivity index (χ1) is 11.9. The van der Waals surface area contributed by atoms with Gasteiger partial charge in [-0.2, -0.15) is 13.2 Å². The molecule has 25 heavy (non-hydrogen) atoms. The average Bonchev–Trinajstić information content (AvgIpc) is 3.01. The molecule has 2 aliphatic rings. The molecule has 1 aromatic carbocycles. The number of benzene rings is 1. The van der Waals surface area contributed by atoms with E-state index in [0.29, 0.717) is 18.2 Å². The van der Waals surface area contributed by atoms with E-state index >= 15 is 0 Å². The fraction of sp³-hybridized carbons (Fsp3) is 0.529. The Labute approximate surface area is 154 Å². The zero-order valence-electron chi connectivity index (χ0n) is 13.8. The van der Waals surface area contributed by atoms with Gasteiger partial charge in [-0.25, -0.2) is 0 Å². The Balaban J connectivity index is 1.80. The van der Waals surface area contributed by atoms with Crippen LogP contribution in [0.5, 0.6) is 0 Å². The molecule has 1 aromatic rings. The molecule has 0 aromatic heterocycles. The molecule has 8 heteroatoms. The number of rotatable bonds is 4. The Morgan fingerprint density at radius 2 is 1.88 bits per heavy atom. The number of ether oxygens (including phenoxy) is 1. The molecule has 0 aliphatic carbocycles. The molecule has 2 heterocycles. The zero-order valence-corrected chi connectivity index (χ0v) is 15.4. The van der Waals surface area contributed by atoms with Crippen LogP contribution in [0.4, 0.5) is 13.2 Å². The number of hydrogen-bond acceptors (Lipinski definition) is 4. The topological polar surface area (TPSA) is 15.7 Å². The van der Waals surface area contributed by atoms with E-state index in [1.165, 1.54) is 22.1 Å². The highest BCUT2D eigenvalue weighted by Gasteiger charge is 2.45. The van der Waals surface area contributed by atoms with E-state index in [2.05, 4.69) is 0 Å². The van der Waals surface area contributed by atoms with Crippen LogP contribution in [0.25, 0.3) is 0 Å². The van der Waals surface area contributed by atoms with Crippen LogP contribution in [0, 0.1) is 0 Å². The molecular formula is C17H20ClF3N2OS. The van der Waals surface area contributed by atoms with Crippen molar-refractivity contribution in [2.75, 3.05) is 20.3 Å². The van der Waals surface area contributed by atoms with E-state index in [4.69, 9.17) is 16.3 Å². The number of hydrogen-bond donors (Lipinski definition) is 0. The Kier molecular flexibility index (Phi) is 5.88. The predicted molar refractivity (Wildman–Crippen MR) is 94.1 cm³/mol. The second kappa shape index (κ2) is 7.78. The van der Waals surface area contributed by atoms with E-state index < -0.39 is 11.9 Å². The van der Waals surface area contributed by atoms with Gasteiger partial charge in [0.1, 0.15) is 11.2 Å². The summed E-state index contributed by atoms with van der Waals surface area (Å²) in [7, 11) is 1.90. The van der Waals surface area contributed by atoms with Gasteiger partial charge in [-0.05, 0) is 37.6 Å². The second-order valence-electron chi connectivity index (χ2n) is 6.23. The molecule has 2 aliphatic heterocycles. The fourth-order valence-electron chi connectivity index (χ4n) is 3.15. The highest BCUT2D eigenvalue weighted by molar-refractivity contribution is 8.02. The number of nitrogens with zero attached hydrogens (tertiary/aromatic N) is 2. The SMILES string of the molecule is CN(C1CCOCC1)C1SC=C(C(F)(F)F)N1Cc1ccc(Cl)cc1. The lowest BCUT2D eigenvalue weighted by atomic mass is 10.1. The summed E-state index contributed by atoms with van der Waals surface area (Å²) >= 11 is 7.09. The number of halogens is 4. The van der Waals surface area contributed by atoms with E-state index in [0.717, 1.165) is 18.4 Å². The minimum Gasteiger partial charge on any atom is -0.381 e. The summed E-state index contributed by atoms with van der Waals surface area (Å²) in [5, 5.41) is 1.80. The van der Waals surface area contributed by atoms with Crippen LogP contribution in [0.1, 0.15) is 18.4 Å². The van der Waals surface area contributed by atoms with Crippen molar-refractivity contribution in [3.05, 3.63) is 46.0 Å². The smallest absolute Gasteiger partial charge is 0.381 e.